The number of aromatic amines is 1. The molecule has 1 unspecified atom stereocenters. The number of nitrogens with one attached hydrogen (secondary N) is 3. The van der Waals surface area contributed by atoms with E-state index in [9.17, 15) is 4.79 Å². The number of hydrogen-bond acceptors (Lipinski definition) is 4. The van der Waals surface area contributed by atoms with Crippen molar-refractivity contribution in [3.05, 3.63) is 78.2 Å². The zero-order valence-electron chi connectivity index (χ0n) is 18.0. The Bertz CT molecular complexity index is 1240. The van der Waals surface area contributed by atoms with E-state index in [0.29, 0.717) is 5.92 Å². The van der Waals surface area contributed by atoms with Crippen molar-refractivity contribution in [3.8, 4) is 0 Å². The normalized spacial score (nSPS) is 16.2. The van der Waals surface area contributed by atoms with E-state index in [2.05, 4.69) is 49.5 Å². The Morgan fingerprint density at radius 3 is 2.78 bits per heavy atom. The van der Waals surface area contributed by atoms with Crippen LogP contribution in [0.3, 0.4) is 0 Å². The number of benzene rings is 2. The molecule has 1 aliphatic rings. The summed E-state index contributed by atoms with van der Waals surface area (Å²) in [6.45, 7) is 4.00. The number of aryl methyl sites for hydroxylation is 1. The fraction of sp³-hybridized carbons (Fsp3) is 0.240. The van der Waals surface area contributed by atoms with Crippen LogP contribution >= 0.6 is 0 Å². The first-order valence-corrected chi connectivity index (χ1v) is 10.9. The summed E-state index contributed by atoms with van der Waals surface area (Å²) in [5.74, 6) is 1.35. The quantitative estimate of drug-likeness (QED) is 0.414. The van der Waals surface area contributed by atoms with Gasteiger partial charge in [-0.1, -0.05) is 24.3 Å². The largest absolute Gasteiger partial charge is 0.355 e. The molecule has 0 aliphatic carbocycles. The molecule has 3 heterocycles. The summed E-state index contributed by atoms with van der Waals surface area (Å²) in [7, 11) is 0. The molecule has 2 aromatic heterocycles. The SMILES string of the molecule is Cc1ccc(NC(=O)Nc2ccccc2)cc1C1CCCN(c2ncnc3[nH]ccc23)C1. The van der Waals surface area contributed by atoms with Gasteiger partial charge in [0, 0.05) is 36.6 Å². The topological polar surface area (TPSA) is 85.9 Å². The summed E-state index contributed by atoms with van der Waals surface area (Å²) in [5.41, 5.74) is 4.93. The second-order valence-electron chi connectivity index (χ2n) is 8.24. The predicted molar refractivity (Wildman–Crippen MR) is 128 cm³/mol. The van der Waals surface area contributed by atoms with Gasteiger partial charge in [-0.2, -0.15) is 0 Å². The van der Waals surface area contributed by atoms with Crippen LogP contribution in [0, 0.1) is 6.92 Å². The van der Waals surface area contributed by atoms with E-state index >= 15 is 0 Å². The summed E-state index contributed by atoms with van der Waals surface area (Å²) in [6, 6.07) is 17.4. The predicted octanol–water partition coefficient (Wildman–Crippen LogP) is 5.29. The van der Waals surface area contributed by atoms with Crippen LogP contribution in [0.2, 0.25) is 0 Å². The fourth-order valence-corrected chi connectivity index (χ4v) is 4.51. The van der Waals surface area contributed by atoms with Crippen molar-refractivity contribution < 1.29 is 4.79 Å². The number of carbonyl (C=O) groups excluding carboxylic acids is 1. The van der Waals surface area contributed by atoms with Gasteiger partial charge in [-0.25, -0.2) is 14.8 Å². The number of nitrogens with zero attached hydrogens (tertiary/aromatic N) is 3. The average Bonchev–Trinajstić information content (AvgIpc) is 3.30. The van der Waals surface area contributed by atoms with Crippen LogP contribution in [0.25, 0.3) is 11.0 Å². The van der Waals surface area contributed by atoms with Gasteiger partial charge < -0.3 is 20.5 Å². The van der Waals surface area contributed by atoms with Crippen molar-refractivity contribution in [1.29, 1.82) is 0 Å². The van der Waals surface area contributed by atoms with Crippen LogP contribution in [-0.2, 0) is 0 Å². The first kappa shape index (κ1) is 20.1. The lowest BCUT2D eigenvalue weighted by Crippen LogP contribution is -2.35. The van der Waals surface area contributed by atoms with E-state index in [1.54, 1.807) is 6.33 Å². The molecular formula is C25H26N6O. The summed E-state index contributed by atoms with van der Waals surface area (Å²) in [4.78, 5) is 26.9. The Hall–Kier alpha value is -3.87. The molecule has 1 aliphatic heterocycles. The molecule has 0 radical (unpaired) electrons. The van der Waals surface area contributed by atoms with Crippen LogP contribution in [-0.4, -0.2) is 34.1 Å². The van der Waals surface area contributed by atoms with Gasteiger partial charge in [0.15, 0.2) is 0 Å². The van der Waals surface area contributed by atoms with Gasteiger partial charge in [0.2, 0.25) is 0 Å². The highest BCUT2D eigenvalue weighted by Crippen LogP contribution is 2.34. The summed E-state index contributed by atoms with van der Waals surface area (Å²) in [6.07, 6.45) is 5.73. The molecule has 1 fully saturated rings. The van der Waals surface area contributed by atoms with Gasteiger partial charge in [0.1, 0.15) is 17.8 Å². The number of amides is 2. The molecule has 1 atom stereocenters. The van der Waals surface area contributed by atoms with E-state index in [-0.39, 0.29) is 6.03 Å². The maximum atomic E-state index is 12.4. The van der Waals surface area contributed by atoms with Crippen molar-refractivity contribution >= 4 is 34.3 Å². The maximum absolute atomic E-state index is 12.4. The maximum Gasteiger partial charge on any atom is 0.323 e. The second-order valence-corrected chi connectivity index (χ2v) is 8.24. The number of para-hydroxylation sites is 1. The molecule has 5 rings (SSSR count). The number of aromatic nitrogens is 3. The van der Waals surface area contributed by atoms with Crippen molar-refractivity contribution in [2.75, 3.05) is 28.6 Å². The lowest BCUT2D eigenvalue weighted by molar-refractivity contribution is 0.262. The molecule has 2 aromatic carbocycles. The smallest absolute Gasteiger partial charge is 0.323 e. The van der Waals surface area contributed by atoms with Crippen LogP contribution < -0.4 is 15.5 Å². The minimum absolute atomic E-state index is 0.243. The second kappa shape index (κ2) is 8.70. The first-order valence-electron chi connectivity index (χ1n) is 10.9. The van der Waals surface area contributed by atoms with E-state index in [0.717, 1.165) is 54.2 Å². The van der Waals surface area contributed by atoms with Crippen LogP contribution in [0.1, 0.15) is 29.9 Å². The van der Waals surface area contributed by atoms with Crippen molar-refractivity contribution in [2.45, 2.75) is 25.7 Å². The van der Waals surface area contributed by atoms with Crippen molar-refractivity contribution in [2.24, 2.45) is 0 Å². The number of fused-ring (bicyclic) bond motifs is 1. The molecule has 0 spiro atoms. The fourth-order valence-electron chi connectivity index (χ4n) is 4.51. The molecule has 7 nitrogen and oxygen atoms in total. The molecule has 2 amide bonds. The Morgan fingerprint density at radius 1 is 1.06 bits per heavy atom. The molecule has 162 valence electrons. The highest BCUT2D eigenvalue weighted by molar-refractivity contribution is 5.99. The lowest BCUT2D eigenvalue weighted by Gasteiger charge is -2.34. The standard InChI is InChI=1S/C25H26N6O/c1-17-9-10-20(30-25(32)29-19-7-3-2-4-8-19)14-22(17)18-6-5-13-31(15-18)24-21-11-12-26-23(21)27-16-28-24/h2-4,7-12,14,16,18H,5-6,13,15H2,1H3,(H,26,27,28)(H2,29,30,32). The average molecular weight is 427 g/mol. The molecule has 1 saturated heterocycles. The van der Waals surface area contributed by atoms with Gasteiger partial charge in [-0.15, -0.1) is 0 Å². The highest BCUT2D eigenvalue weighted by Gasteiger charge is 2.25. The molecule has 0 bridgehead atoms. The number of H-pyrrole nitrogens is 1. The molecule has 32 heavy (non-hydrogen) atoms. The number of carbonyl (C=O) groups is 1. The Kier molecular flexibility index (Phi) is 5.46. The third kappa shape index (κ3) is 4.14. The highest BCUT2D eigenvalue weighted by atomic mass is 16.2. The van der Waals surface area contributed by atoms with Crippen molar-refractivity contribution in [3.63, 3.8) is 0 Å². The van der Waals surface area contributed by atoms with E-state index in [4.69, 9.17) is 0 Å². The molecule has 3 N–H and O–H groups in total. The zero-order valence-corrected chi connectivity index (χ0v) is 18.0. The number of rotatable bonds is 4. The summed E-state index contributed by atoms with van der Waals surface area (Å²) in [5, 5.41) is 6.90. The third-order valence-electron chi connectivity index (χ3n) is 6.06. The number of piperidine rings is 1. The van der Waals surface area contributed by atoms with Crippen molar-refractivity contribution in [1.82, 2.24) is 15.0 Å². The molecule has 7 heteroatoms. The first-order chi connectivity index (χ1) is 15.7. The number of anilines is 3. The molecule has 0 saturated carbocycles. The Balaban J connectivity index is 1.34. The Labute approximate surface area is 186 Å². The summed E-state index contributed by atoms with van der Waals surface area (Å²) >= 11 is 0. The van der Waals surface area contributed by atoms with Gasteiger partial charge in [0.05, 0.1) is 5.39 Å². The van der Waals surface area contributed by atoms with Crippen LogP contribution in [0.5, 0.6) is 0 Å². The zero-order chi connectivity index (χ0) is 21.9. The Morgan fingerprint density at radius 2 is 1.91 bits per heavy atom. The van der Waals surface area contributed by atoms with Gasteiger partial charge in [-0.3, -0.25) is 0 Å². The van der Waals surface area contributed by atoms with Crippen LogP contribution in [0.15, 0.2) is 67.1 Å². The summed E-state index contributed by atoms with van der Waals surface area (Å²) < 4.78 is 0. The van der Waals surface area contributed by atoms with Gasteiger partial charge >= 0.3 is 6.03 Å². The monoisotopic (exact) mass is 426 g/mol. The minimum Gasteiger partial charge on any atom is -0.355 e. The van der Waals surface area contributed by atoms with Gasteiger partial charge in [-0.05, 0) is 61.2 Å². The van der Waals surface area contributed by atoms with E-state index in [1.807, 2.05) is 48.7 Å². The molecule has 4 aromatic rings. The van der Waals surface area contributed by atoms with E-state index in [1.165, 1.54) is 11.1 Å². The number of hydrogen-bond donors (Lipinski definition) is 3. The van der Waals surface area contributed by atoms with E-state index < -0.39 is 0 Å². The lowest BCUT2D eigenvalue weighted by atomic mass is 9.87. The third-order valence-corrected chi connectivity index (χ3v) is 6.06. The van der Waals surface area contributed by atoms with Crippen LogP contribution in [0.4, 0.5) is 22.0 Å². The van der Waals surface area contributed by atoms with Gasteiger partial charge in [0.25, 0.3) is 0 Å². The number of urea groups is 1. The minimum atomic E-state index is -0.243. The molecular weight excluding hydrogens is 400 g/mol.